The summed E-state index contributed by atoms with van der Waals surface area (Å²) in [4.78, 5) is 12.0. The second-order valence-corrected chi connectivity index (χ2v) is 6.43. The van der Waals surface area contributed by atoms with E-state index < -0.39 is 0 Å². The number of aromatic nitrogens is 4. The van der Waals surface area contributed by atoms with Crippen LogP contribution in [-0.4, -0.2) is 45.5 Å². The zero-order chi connectivity index (χ0) is 21.5. The van der Waals surface area contributed by atoms with E-state index >= 15 is 0 Å². The SMILES string of the molecule is N#Cc1ccccc1OCC(=O)NCCOc1ccc2nnc(-c3ccccc3)n2n1. The lowest BCUT2D eigenvalue weighted by molar-refractivity contribution is -0.123. The molecule has 2 aromatic carbocycles. The van der Waals surface area contributed by atoms with E-state index in [2.05, 4.69) is 20.6 Å². The number of carbonyl (C=O) groups excluding carboxylic acids is 1. The molecule has 154 valence electrons. The highest BCUT2D eigenvalue weighted by Gasteiger charge is 2.10. The third-order valence-corrected chi connectivity index (χ3v) is 4.31. The Morgan fingerprint density at radius 3 is 2.65 bits per heavy atom. The number of benzene rings is 2. The highest BCUT2D eigenvalue weighted by atomic mass is 16.5. The molecule has 9 heteroatoms. The van der Waals surface area contributed by atoms with Crippen molar-refractivity contribution in [3.05, 3.63) is 72.3 Å². The summed E-state index contributed by atoms with van der Waals surface area (Å²) in [7, 11) is 0. The Balaban J connectivity index is 1.29. The van der Waals surface area contributed by atoms with E-state index in [1.807, 2.05) is 36.4 Å². The van der Waals surface area contributed by atoms with Gasteiger partial charge in [0.25, 0.3) is 5.91 Å². The predicted octanol–water partition coefficient (Wildman–Crippen LogP) is 2.24. The van der Waals surface area contributed by atoms with E-state index in [-0.39, 0.29) is 25.7 Å². The van der Waals surface area contributed by atoms with Crippen LogP contribution < -0.4 is 14.8 Å². The maximum Gasteiger partial charge on any atom is 0.258 e. The number of fused-ring (bicyclic) bond motifs is 1. The van der Waals surface area contributed by atoms with Crippen molar-refractivity contribution in [2.45, 2.75) is 0 Å². The standard InChI is InChI=1S/C22H18N6O3/c23-14-17-8-4-5-9-18(17)31-15-20(29)24-12-13-30-21-11-10-19-25-26-22(28(19)27-21)16-6-2-1-3-7-16/h1-11H,12-13,15H2,(H,24,29). The second kappa shape index (κ2) is 9.37. The lowest BCUT2D eigenvalue weighted by Crippen LogP contribution is -2.32. The third-order valence-electron chi connectivity index (χ3n) is 4.31. The molecule has 0 saturated carbocycles. The Morgan fingerprint density at radius 2 is 1.81 bits per heavy atom. The van der Waals surface area contributed by atoms with Gasteiger partial charge in [-0.05, 0) is 18.2 Å². The van der Waals surface area contributed by atoms with Crippen molar-refractivity contribution in [1.29, 1.82) is 5.26 Å². The van der Waals surface area contributed by atoms with Gasteiger partial charge in [-0.15, -0.1) is 15.3 Å². The number of ether oxygens (including phenoxy) is 2. The van der Waals surface area contributed by atoms with Gasteiger partial charge in [0.2, 0.25) is 5.88 Å². The molecule has 0 fully saturated rings. The average Bonchev–Trinajstić information content (AvgIpc) is 3.24. The maximum atomic E-state index is 12.0. The Kier molecular flexibility index (Phi) is 6.00. The molecule has 0 radical (unpaired) electrons. The molecule has 4 aromatic rings. The van der Waals surface area contributed by atoms with Gasteiger partial charge in [0.15, 0.2) is 18.1 Å². The van der Waals surface area contributed by atoms with Crippen LogP contribution in [0.4, 0.5) is 0 Å². The molecular weight excluding hydrogens is 396 g/mol. The first-order valence-electron chi connectivity index (χ1n) is 9.54. The predicted molar refractivity (Wildman–Crippen MR) is 111 cm³/mol. The summed E-state index contributed by atoms with van der Waals surface area (Å²) < 4.78 is 12.6. The minimum Gasteiger partial charge on any atom is -0.482 e. The summed E-state index contributed by atoms with van der Waals surface area (Å²) in [5.74, 6) is 1.06. The van der Waals surface area contributed by atoms with Gasteiger partial charge in [-0.1, -0.05) is 42.5 Å². The van der Waals surface area contributed by atoms with Crippen LogP contribution in [0.15, 0.2) is 66.7 Å². The first-order valence-corrected chi connectivity index (χ1v) is 9.54. The van der Waals surface area contributed by atoms with Crippen LogP contribution in [-0.2, 0) is 4.79 Å². The van der Waals surface area contributed by atoms with Crippen LogP contribution >= 0.6 is 0 Å². The number of amides is 1. The fourth-order valence-corrected chi connectivity index (χ4v) is 2.84. The Bertz CT molecular complexity index is 1230. The Morgan fingerprint density at radius 1 is 1.00 bits per heavy atom. The number of carbonyl (C=O) groups is 1. The number of nitriles is 1. The molecular formula is C22H18N6O3. The molecule has 0 spiro atoms. The zero-order valence-electron chi connectivity index (χ0n) is 16.4. The van der Waals surface area contributed by atoms with Gasteiger partial charge >= 0.3 is 0 Å². The van der Waals surface area contributed by atoms with Crippen molar-refractivity contribution in [3.8, 4) is 29.1 Å². The highest BCUT2D eigenvalue weighted by molar-refractivity contribution is 5.77. The summed E-state index contributed by atoms with van der Waals surface area (Å²) in [5.41, 5.74) is 1.88. The highest BCUT2D eigenvalue weighted by Crippen LogP contribution is 2.18. The number of para-hydroxylation sites is 1. The summed E-state index contributed by atoms with van der Waals surface area (Å²) in [5, 5.41) is 24.5. The van der Waals surface area contributed by atoms with Gasteiger partial charge in [0, 0.05) is 11.6 Å². The molecule has 0 bridgehead atoms. The van der Waals surface area contributed by atoms with Crippen molar-refractivity contribution in [1.82, 2.24) is 25.1 Å². The lowest BCUT2D eigenvalue weighted by Gasteiger charge is -2.09. The van der Waals surface area contributed by atoms with E-state index in [9.17, 15) is 4.79 Å². The van der Waals surface area contributed by atoms with Crippen molar-refractivity contribution in [2.75, 3.05) is 19.8 Å². The number of hydrogen-bond acceptors (Lipinski definition) is 7. The molecule has 31 heavy (non-hydrogen) atoms. The number of hydrogen-bond donors (Lipinski definition) is 1. The zero-order valence-corrected chi connectivity index (χ0v) is 16.4. The molecule has 0 atom stereocenters. The molecule has 1 amide bonds. The maximum absolute atomic E-state index is 12.0. The van der Waals surface area contributed by atoms with Crippen LogP contribution in [0.2, 0.25) is 0 Å². The minimum absolute atomic E-state index is 0.190. The van der Waals surface area contributed by atoms with E-state index in [0.29, 0.717) is 28.7 Å². The largest absolute Gasteiger partial charge is 0.482 e. The molecule has 4 rings (SSSR count). The second-order valence-electron chi connectivity index (χ2n) is 6.43. The molecule has 2 aromatic heterocycles. The van der Waals surface area contributed by atoms with Crippen LogP contribution in [0, 0.1) is 11.3 Å². The Hall–Kier alpha value is -4.45. The van der Waals surface area contributed by atoms with E-state index in [1.165, 1.54) is 0 Å². The van der Waals surface area contributed by atoms with Crippen molar-refractivity contribution in [2.24, 2.45) is 0 Å². The molecule has 0 aliphatic heterocycles. The molecule has 1 N–H and O–H groups in total. The van der Waals surface area contributed by atoms with Gasteiger partial charge in [-0.3, -0.25) is 4.79 Å². The summed E-state index contributed by atoms with van der Waals surface area (Å²) in [6.45, 7) is 0.307. The first kappa shape index (κ1) is 19.8. The van der Waals surface area contributed by atoms with Crippen molar-refractivity contribution >= 4 is 11.6 Å². The monoisotopic (exact) mass is 414 g/mol. The first-order chi connectivity index (χ1) is 15.2. The molecule has 0 aliphatic carbocycles. The fraction of sp³-hybridized carbons (Fsp3) is 0.136. The minimum atomic E-state index is -0.315. The number of rotatable bonds is 8. The van der Waals surface area contributed by atoms with E-state index in [0.717, 1.165) is 5.56 Å². The number of nitrogens with one attached hydrogen (secondary N) is 1. The smallest absolute Gasteiger partial charge is 0.258 e. The Labute approximate surface area is 177 Å². The molecule has 0 unspecified atom stereocenters. The van der Waals surface area contributed by atoms with Crippen molar-refractivity contribution in [3.63, 3.8) is 0 Å². The van der Waals surface area contributed by atoms with Crippen LogP contribution in [0.3, 0.4) is 0 Å². The topological polar surface area (TPSA) is 114 Å². The lowest BCUT2D eigenvalue weighted by atomic mass is 10.2. The summed E-state index contributed by atoms with van der Waals surface area (Å²) in [6, 6.07) is 21.9. The van der Waals surface area contributed by atoms with Gasteiger partial charge < -0.3 is 14.8 Å². The summed E-state index contributed by atoms with van der Waals surface area (Å²) >= 11 is 0. The molecule has 9 nitrogen and oxygen atoms in total. The van der Waals surface area contributed by atoms with E-state index in [4.69, 9.17) is 14.7 Å². The van der Waals surface area contributed by atoms with Crippen LogP contribution in [0.25, 0.3) is 17.0 Å². The van der Waals surface area contributed by atoms with Crippen LogP contribution in [0.5, 0.6) is 11.6 Å². The van der Waals surface area contributed by atoms with Crippen molar-refractivity contribution < 1.29 is 14.3 Å². The quantitative estimate of drug-likeness (QED) is 0.440. The van der Waals surface area contributed by atoms with Gasteiger partial charge in [0.05, 0.1) is 12.1 Å². The molecule has 2 heterocycles. The van der Waals surface area contributed by atoms with Gasteiger partial charge in [0.1, 0.15) is 18.4 Å². The van der Waals surface area contributed by atoms with Crippen LogP contribution in [0.1, 0.15) is 5.56 Å². The fourth-order valence-electron chi connectivity index (χ4n) is 2.84. The number of nitrogens with zero attached hydrogens (tertiary/aromatic N) is 5. The molecule has 0 saturated heterocycles. The normalized spacial score (nSPS) is 10.4. The summed E-state index contributed by atoms with van der Waals surface area (Å²) in [6.07, 6.45) is 0. The third kappa shape index (κ3) is 4.76. The van der Waals surface area contributed by atoms with E-state index in [1.54, 1.807) is 40.9 Å². The average molecular weight is 414 g/mol. The van der Waals surface area contributed by atoms with Gasteiger partial charge in [-0.2, -0.15) is 9.78 Å². The molecule has 0 aliphatic rings. The van der Waals surface area contributed by atoms with Gasteiger partial charge in [-0.25, -0.2) is 0 Å².